The number of carbonyl (C=O) groups excluding carboxylic acids is 2. The third-order valence-electron chi connectivity index (χ3n) is 6.64. The average molecular weight is 427 g/mol. The van der Waals surface area contributed by atoms with Crippen LogP contribution in [-0.4, -0.2) is 51.8 Å². The molecule has 30 heavy (non-hydrogen) atoms. The third kappa shape index (κ3) is 3.51. The molecular weight excluding hydrogens is 403 g/mol. The number of amides is 2. The molecule has 2 aliphatic heterocycles. The lowest BCUT2D eigenvalue weighted by molar-refractivity contribution is -0.144. The molecule has 4 atom stereocenters. The number of fused-ring (bicyclic) bond motifs is 4. The van der Waals surface area contributed by atoms with E-state index in [1.54, 1.807) is 11.0 Å². The Hall–Kier alpha value is -2.36. The summed E-state index contributed by atoms with van der Waals surface area (Å²) in [6, 6.07) is 3.01. The highest BCUT2D eigenvalue weighted by atomic mass is 19.4. The fourth-order valence-electron chi connectivity index (χ4n) is 5.35. The number of halogens is 3. The number of nitrogens with one attached hydrogen (secondary N) is 1. The van der Waals surface area contributed by atoms with Crippen LogP contribution in [0.3, 0.4) is 0 Å². The van der Waals surface area contributed by atoms with E-state index in [0.717, 1.165) is 25.7 Å². The van der Waals surface area contributed by atoms with E-state index in [0.29, 0.717) is 5.69 Å². The normalized spacial score (nSPS) is 28.5. The van der Waals surface area contributed by atoms with Gasteiger partial charge in [-0.05, 0) is 18.9 Å². The zero-order valence-corrected chi connectivity index (χ0v) is 16.3. The number of pyridine rings is 1. The third-order valence-corrected chi connectivity index (χ3v) is 6.64. The van der Waals surface area contributed by atoms with Crippen LogP contribution in [0.2, 0.25) is 0 Å². The molecule has 1 aromatic rings. The Morgan fingerprint density at radius 3 is 2.53 bits per heavy atom. The molecule has 2 bridgehead atoms. The van der Waals surface area contributed by atoms with E-state index in [9.17, 15) is 32.7 Å². The molecule has 164 valence electrons. The van der Waals surface area contributed by atoms with Gasteiger partial charge in [0.05, 0.1) is 18.0 Å². The topological polar surface area (TPSA) is 91.6 Å². The smallest absolute Gasteiger partial charge is 0.396 e. The van der Waals surface area contributed by atoms with Gasteiger partial charge in [0.2, 0.25) is 11.8 Å². The number of aromatic nitrogens is 1. The molecule has 3 heterocycles. The van der Waals surface area contributed by atoms with E-state index in [2.05, 4.69) is 0 Å². The molecule has 0 unspecified atom stereocenters. The molecule has 2 N–H and O–H groups in total. The quantitative estimate of drug-likeness (QED) is 0.756. The van der Waals surface area contributed by atoms with E-state index in [4.69, 9.17) is 0 Å². The number of hydrogen-bond donors (Lipinski definition) is 2. The van der Waals surface area contributed by atoms with Crippen molar-refractivity contribution >= 4 is 11.8 Å². The number of nitrogens with zero attached hydrogens (tertiary/aromatic N) is 2. The minimum atomic E-state index is -4.58. The monoisotopic (exact) mass is 427 g/mol. The van der Waals surface area contributed by atoms with Crippen molar-refractivity contribution < 1.29 is 27.9 Å². The van der Waals surface area contributed by atoms with Crippen molar-refractivity contribution in [2.45, 2.75) is 50.5 Å². The Morgan fingerprint density at radius 1 is 1.20 bits per heavy atom. The van der Waals surface area contributed by atoms with Gasteiger partial charge in [-0.3, -0.25) is 14.4 Å². The molecule has 0 radical (unpaired) electrons. The fourth-order valence-corrected chi connectivity index (χ4v) is 5.35. The first-order valence-corrected chi connectivity index (χ1v) is 10.2. The van der Waals surface area contributed by atoms with Crippen LogP contribution in [0.1, 0.15) is 37.4 Å². The fraction of sp³-hybridized carbons (Fsp3) is 0.650. The minimum Gasteiger partial charge on any atom is -0.396 e. The van der Waals surface area contributed by atoms with Crippen LogP contribution in [0, 0.1) is 17.8 Å². The van der Waals surface area contributed by atoms with E-state index < -0.39 is 49.2 Å². The summed E-state index contributed by atoms with van der Waals surface area (Å²) in [5.41, 5.74) is 0.122. The van der Waals surface area contributed by atoms with Gasteiger partial charge in [-0.1, -0.05) is 18.9 Å². The van der Waals surface area contributed by atoms with Gasteiger partial charge in [0.1, 0.15) is 6.54 Å². The second-order valence-electron chi connectivity index (χ2n) is 8.34. The summed E-state index contributed by atoms with van der Waals surface area (Å²) in [6.45, 7) is -1.85. The summed E-state index contributed by atoms with van der Waals surface area (Å²) in [7, 11) is 0. The first-order valence-electron chi connectivity index (χ1n) is 10.2. The molecule has 2 amide bonds. The second kappa shape index (κ2) is 7.72. The maximum Gasteiger partial charge on any atom is 0.405 e. The van der Waals surface area contributed by atoms with Crippen LogP contribution < -0.4 is 10.9 Å². The van der Waals surface area contributed by atoms with Gasteiger partial charge in [0, 0.05) is 36.7 Å². The van der Waals surface area contributed by atoms with Crippen LogP contribution >= 0.6 is 0 Å². The first kappa shape index (κ1) is 20.9. The Kier molecular flexibility index (Phi) is 5.37. The minimum absolute atomic E-state index is 0.109. The van der Waals surface area contributed by atoms with Crippen molar-refractivity contribution in [2.24, 2.45) is 17.8 Å². The Balaban J connectivity index is 1.75. The molecular formula is C20H24F3N3O4. The summed E-state index contributed by atoms with van der Waals surface area (Å²) in [6.07, 6.45) is -1.27. The van der Waals surface area contributed by atoms with Crippen molar-refractivity contribution in [1.29, 1.82) is 0 Å². The van der Waals surface area contributed by atoms with Crippen LogP contribution in [0.5, 0.6) is 0 Å². The highest BCUT2D eigenvalue weighted by Gasteiger charge is 2.58. The zero-order valence-electron chi connectivity index (χ0n) is 16.3. The van der Waals surface area contributed by atoms with Gasteiger partial charge in [-0.2, -0.15) is 13.2 Å². The predicted molar refractivity (Wildman–Crippen MR) is 99.2 cm³/mol. The van der Waals surface area contributed by atoms with E-state index >= 15 is 0 Å². The number of rotatable bonds is 4. The number of aliphatic hydroxyl groups is 1. The Labute approximate surface area is 170 Å². The van der Waals surface area contributed by atoms with Gasteiger partial charge < -0.3 is 19.9 Å². The van der Waals surface area contributed by atoms with Crippen LogP contribution in [0.4, 0.5) is 13.2 Å². The summed E-state index contributed by atoms with van der Waals surface area (Å²) in [4.78, 5) is 40.2. The summed E-state index contributed by atoms with van der Waals surface area (Å²) >= 11 is 0. The van der Waals surface area contributed by atoms with Gasteiger partial charge in [0.15, 0.2) is 0 Å². The van der Waals surface area contributed by atoms with Crippen LogP contribution in [-0.2, 0) is 16.1 Å². The number of hydrogen-bond acceptors (Lipinski definition) is 4. The molecule has 7 nitrogen and oxygen atoms in total. The van der Waals surface area contributed by atoms with E-state index in [1.165, 1.54) is 16.7 Å². The van der Waals surface area contributed by atoms with Crippen molar-refractivity contribution in [1.82, 2.24) is 14.8 Å². The van der Waals surface area contributed by atoms with Crippen molar-refractivity contribution in [2.75, 3.05) is 13.2 Å². The first-order chi connectivity index (χ1) is 14.2. The molecule has 1 saturated carbocycles. The van der Waals surface area contributed by atoms with Crippen LogP contribution in [0.25, 0.3) is 0 Å². The second-order valence-corrected chi connectivity index (χ2v) is 8.34. The largest absolute Gasteiger partial charge is 0.405 e. The highest BCUT2D eigenvalue weighted by molar-refractivity contribution is 5.85. The molecule has 3 aliphatic rings. The van der Waals surface area contributed by atoms with Crippen molar-refractivity contribution in [3.8, 4) is 0 Å². The maximum atomic E-state index is 13.3. The maximum absolute atomic E-state index is 13.3. The molecule has 10 heteroatoms. The van der Waals surface area contributed by atoms with Gasteiger partial charge >= 0.3 is 6.18 Å². The van der Waals surface area contributed by atoms with Crippen molar-refractivity contribution in [3.63, 3.8) is 0 Å². The number of alkyl halides is 3. The summed E-state index contributed by atoms with van der Waals surface area (Å²) < 4.78 is 39.5. The average Bonchev–Trinajstić information content (AvgIpc) is 3.30. The van der Waals surface area contributed by atoms with Gasteiger partial charge in [-0.15, -0.1) is 0 Å². The lowest BCUT2D eigenvalue weighted by atomic mass is 9.86. The van der Waals surface area contributed by atoms with E-state index in [1.807, 2.05) is 5.32 Å². The molecule has 2 fully saturated rings. The highest BCUT2D eigenvalue weighted by Crippen LogP contribution is 2.49. The lowest BCUT2D eigenvalue weighted by Gasteiger charge is -2.39. The standard InChI is InChI=1S/C20H24F3N3O4/c21-20(22,23)10-24-18(29)16-12(9-27)14-8-25-13(6-3-7-15(25)28)17(16)26(14)19(30)11-4-1-2-5-11/h3,6-7,11-12,14,16-17,27H,1-2,4-5,8-10H2,(H,24,29)/t12-,14-,16+,17+/m0/s1. The predicted octanol–water partition coefficient (Wildman–Crippen LogP) is 1.21. The van der Waals surface area contributed by atoms with Crippen molar-refractivity contribution in [3.05, 3.63) is 34.2 Å². The SMILES string of the molecule is O=C(NCC(F)(F)F)[C@@H]1[C@@H](CO)[C@@H]2Cn3c(cccc3=O)[C@H]1N2C(=O)C1CCCC1. The molecule has 1 saturated heterocycles. The van der Waals surface area contributed by atoms with Gasteiger partial charge in [0.25, 0.3) is 5.56 Å². The number of carbonyl (C=O) groups is 2. The Morgan fingerprint density at radius 2 is 1.90 bits per heavy atom. The molecule has 1 aromatic heterocycles. The molecule has 1 aliphatic carbocycles. The molecule has 0 aromatic carbocycles. The molecule has 4 rings (SSSR count). The Bertz CT molecular complexity index is 894. The van der Waals surface area contributed by atoms with Gasteiger partial charge in [-0.25, -0.2) is 0 Å². The summed E-state index contributed by atoms with van der Waals surface area (Å²) in [5.74, 6) is -3.04. The van der Waals surface area contributed by atoms with Crippen LogP contribution in [0.15, 0.2) is 23.0 Å². The zero-order chi connectivity index (χ0) is 21.6. The summed E-state index contributed by atoms with van der Waals surface area (Å²) in [5, 5.41) is 12.0. The lowest BCUT2D eigenvalue weighted by Crippen LogP contribution is -2.50. The molecule has 0 spiro atoms. The van der Waals surface area contributed by atoms with E-state index in [-0.39, 0.29) is 23.9 Å². The number of aliphatic hydroxyl groups excluding tert-OH is 1.